The third kappa shape index (κ3) is 4.09. The van der Waals surface area contributed by atoms with Crippen LogP contribution < -0.4 is 5.32 Å². The fourth-order valence-corrected chi connectivity index (χ4v) is 1.87. The number of methoxy groups -OCH3 is 1. The van der Waals surface area contributed by atoms with Gasteiger partial charge in [-0.1, -0.05) is 6.92 Å². The maximum Gasteiger partial charge on any atom is 0.0637 e. The summed E-state index contributed by atoms with van der Waals surface area (Å²) in [4.78, 5) is 0. The molecule has 1 N–H and O–H groups in total. The van der Waals surface area contributed by atoms with Gasteiger partial charge in [-0.3, -0.25) is 0 Å². The summed E-state index contributed by atoms with van der Waals surface area (Å²) in [7, 11) is 1.77. The van der Waals surface area contributed by atoms with Crippen LogP contribution in [0.15, 0.2) is 0 Å². The van der Waals surface area contributed by atoms with Gasteiger partial charge in [-0.2, -0.15) is 0 Å². The smallest absolute Gasteiger partial charge is 0.0637 e. The van der Waals surface area contributed by atoms with E-state index in [1.165, 1.54) is 0 Å². The molecule has 15 heavy (non-hydrogen) atoms. The molecule has 1 heterocycles. The third-order valence-corrected chi connectivity index (χ3v) is 3.13. The van der Waals surface area contributed by atoms with E-state index in [9.17, 15) is 0 Å². The molecule has 1 saturated heterocycles. The molecular weight excluding hydrogens is 190 g/mol. The Hall–Kier alpha value is -0.120. The number of hydrogen-bond donors (Lipinski definition) is 1. The molecule has 3 nitrogen and oxygen atoms in total. The van der Waals surface area contributed by atoms with Gasteiger partial charge in [0.2, 0.25) is 0 Å². The third-order valence-electron chi connectivity index (χ3n) is 3.13. The Bertz CT molecular complexity index is 200. The van der Waals surface area contributed by atoms with Crippen molar-refractivity contribution >= 4 is 0 Å². The molecule has 0 aromatic heterocycles. The highest BCUT2D eigenvalue weighted by Gasteiger charge is 2.33. The van der Waals surface area contributed by atoms with Crippen LogP contribution in [0.25, 0.3) is 0 Å². The van der Waals surface area contributed by atoms with E-state index in [2.05, 4.69) is 33.0 Å². The van der Waals surface area contributed by atoms with Gasteiger partial charge in [0.05, 0.1) is 18.8 Å². The molecule has 0 amide bonds. The van der Waals surface area contributed by atoms with Crippen molar-refractivity contribution in [3.63, 3.8) is 0 Å². The first kappa shape index (κ1) is 12.9. The van der Waals surface area contributed by atoms with Crippen molar-refractivity contribution in [2.24, 2.45) is 5.41 Å². The van der Waals surface area contributed by atoms with Gasteiger partial charge < -0.3 is 14.8 Å². The van der Waals surface area contributed by atoms with Crippen molar-refractivity contribution in [1.82, 2.24) is 5.32 Å². The SMILES string of the molecule is COC(C)(C)CC(C)NCC1(C)COC1. The summed E-state index contributed by atoms with van der Waals surface area (Å²) in [6.45, 7) is 11.5. The number of ether oxygens (including phenoxy) is 2. The largest absolute Gasteiger partial charge is 0.380 e. The summed E-state index contributed by atoms with van der Waals surface area (Å²) >= 11 is 0. The zero-order valence-electron chi connectivity index (χ0n) is 10.7. The lowest BCUT2D eigenvalue weighted by molar-refractivity contribution is -0.101. The van der Waals surface area contributed by atoms with E-state index < -0.39 is 0 Å². The van der Waals surface area contributed by atoms with E-state index in [0.717, 1.165) is 26.2 Å². The quantitative estimate of drug-likeness (QED) is 0.733. The van der Waals surface area contributed by atoms with Crippen LogP contribution in [0.2, 0.25) is 0 Å². The molecule has 0 spiro atoms. The molecule has 1 aliphatic rings. The molecule has 0 bridgehead atoms. The van der Waals surface area contributed by atoms with E-state index in [1.54, 1.807) is 7.11 Å². The van der Waals surface area contributed by atoms with Gasteiger partial charge in [0, 0.05) is 25.1 Å². The molecule has 0 radical (unpaired) electrons. The minimum Gasteiger partial charge on any atom is -0.380 e. The zero-order chi connectivity index (χ0) is 11.5. The number of hydrogen-bond acceptors (Lipinski definition) is 3. The molecule has 0 saturated carbocycles. The average Bonchev–Trinajstić information content (AvgIpc) is 2.11. The van der Waals surface area contributed by atoms with Crippen molar-refractivity contribution in [3.05, 3.63) is 0 Å². The zero-order valence-corrected chi connectivity index (χ0v) is 10.7. The lowest BCUT2D eigenvalue weighted by Gasteiger charge is -2.39. The summed E-state index contributed by atoms with van der Waals surface area (Å²) in [5.41, 5.74) is 0.314. The van der Waals surface area contributed by atoms with Crippen molar-refractivity contribution in [3.8, 4) is 0 Å². The molecule has 0 aromatic rings. The van der Waals surface area contributed by atoms with Gasteiger partial charge in [-0.25, -0.2) is 0 Å². The topological polar surface area (TPSA) is 30.5 Å². The van der Waals surface area contributed by atoms with E-state index in [1.807, 2.05) is 0 Å². The van der Waals surface area contributed by atoms with E-state index >= 15 is 0 Å². The Balaban J connectivity index is 2.21. The lowest BCUT2D eigenvalue weighted by Crippen LogP contribution is -2.50. The van der Waals surface area contributed by atoms with E-state index in [4.69, 9.17) is 9.47 Å². The summed E-state index contributed by atoms with van der Waals surface area (Å²) < 4.78 is 10.6. The normalized spacial score (nSPS) is 22.2. The molecule has 1 unspecified atom stereocenters. The van der Waals surface area contributed by atoms with E-state index in [-0.39, 0.29) is 5.60 Å². The monoisotopic (exact) mass is 215 g/mol. The lowest BCUT2D eigenvalue weighted by atomic mass is 9.88. The van der Waals surface area contributed by atoms with Gasteiger partial charge in [0.1, 0.15) is 0 Å². The minimum atomic E-state index is -0.0383. The predicted molar refractivity (Wildman–Crippen MR) is 62.1 cm³/mol. The Labute approximate surface area is 93.5 Å². The Morgan fingerprint density at radius 3 is 2.47 bits per heavy atom. The second-order valence-electron chi connectivity index (χ2n) is 5.75. The number of nitrogens with one attached hydrogen (secondary N) is 1. The fourth-order valence-electron chi connectivity index (χ4n) is 1.87. The van der Waals surface area contributed by atoms with Gasteiger partial charge in [-0.15, -0.1) is 0 Å². The molecule has 1 fully saturated rings. The predicted octanol–water partition coefficient (Wildman–Crippen LogP) is 1.82. The maximum absolute atomic E-state index is 5.42. The van der Waals surface area contributed by atoms with Crippen LogP contribution >= 0.6 is 0 Å². The molecule has 1 aliphatic heterocycles. The van der Waals surface area contributed by atoms with Crippen LogP contribution in [-0.2, 0) is 9.47 Å². The summed E-state index contributed by atoms with van der Waals surface area (Å²) in [5, 5.41) is 3.56. The molecule has 90 valence electrons. The molecule has 3 heteroatoms. The Morgan fingerprint density at radius 1 is 1.47 bits per heavy atom. The van der Waals surface area contributed by atoms with Gasteiger partial charge in [0.15, 0.2) is 0 Å². The van der Waals surface area contributed by atoms with Gasteiger partial charge in [0.25, 0.3) is 0 Å². The summed E-state index contributed by atoms with van der Waals surface area (Å²) in [5.74, 6) is 0. The highest BCUT2D eigenvalue weighted by atomic mass is 16.5. The highest BCUT2D eigenvalue weighted by molar-refractivity contribution is 4.85. The average molecular weight is 215 g/mol. The van der Waals surface area contributed by atoms with Crippen molar-refractivity contribution in [2.75, 3.05) is 26.9 Å². The first-order valence-electron chi connectivity index (χ1n) is 5.73. The van der Waals surface area contributed by atoms with Crippen LogP contribution in [-0.4, -0.2) is 38.5 Å². The second-order valence-corrected chi connectivity index (χ2v) is 5.75. The standard InChI is InChI=1S/C12H25NO2/c1-10(6-11(2,3)14-5)13-7-12(4)8-15-9-12/h10,13H,6-9H2,1-5H3. The summed E-state index contributed by atoms with van der Waals surface area (Å²) in [6, 6.07) is 0.484. The molecule has 0 aromatic carbocycles. The first-order valence-corrected chi connectivity index (χ1v) is 5.73. The summed E-state index contributed by atoms with van der Waals surface area (Å²) in [6.07, 6.45) is 1.03. The highest BCUT2D eigenvalue weighted by Crippen LogP contribution is 2.25. The van der Waals surface area contributed by atoms with Gasteiger partial charge in [-0.05, 0) is 27.2 Å². The first-order chi connectivity index (χ1) is 6.87. The van der Waals surface area contributed by atoms with E-state index in [0.29, 0.717) is 11.5 Å². The molecule has 1 rings (SSSR count). The van der Waals surface area contributed by atoms with Crippen molar-refractivity contribution < 1.29 is 9.47 Å². The van der Waals surface area contributed by atoms with Crippen LogP contribution in [0.5, 0.6) is 0 Å². The fraction of sp³-hybridized carbons (Fsp3) is 1.00. The van der Waals surface area contributed by atoms with Crippen LogP contribution in [0.4, 0.5) is 0 Å². The van der Waals surface area contributed by atoms with Crippen molar-refractivity contribution in [2.45, 2.75) is 45.8 Å². The molecular formula is C12H25NO2. The molecule has 0 aliphatic carbocycles. The van der Waals surface area contributed by atoms with Crippen LogP contribution in [0, 0.1) is 5.41 Å². The number of rotatable bonds is 6. The Morgan fingerprint density at radius 2 is 2.07 bits per heavy atom. The van der Waals surface area contributed by atoms with Crippen LogP contribution in [0.3, 0.4) is 0 Å². The molecule has 1 atom stereocenters. The van der Waals surface area contributed by atoms with Crippen molar-refractivity contribution in [1.29, 1.82) is 0 Å². The second kappa shape index (κ2) is 4.81. The van der Waals surface area contributed by atoms with Gasteiger partial charge >= 0.3 is 0 Å². The van der Waals surface area contributed by atoms with Crippen LogP contribution in [0.1, 0.15) is 34.1 Å². The minimum absolute atomic E-state index is 0.0383. The maximum atomic E-state index is 5.42. The Kier molecular flexibility index (Phi) is 4.15.